The highest BCUT2D eigenvalue weighted by molar-refractivity contribution is 5.76. The number of carbonyl (C=O) groups is 1. The average Bonchev–Trinajstić information content (AvgIpc) is 2.27. The zero-order valence-corrected chi connectivity index (χ0v) is 9.24. The molecule has 0 bridgehead atoms. The van der Waals surface area contributed by atoms with E-state index in [0.29, 0.717) is 6.42 Å². The molecule has 1 fully saturated rings. The van der Waals surface area contributed by atoms with Crippen LogP contribution >= 0.6 is 0 Å². The summed E-state index contributed by atoms with van der Waals surface area (Å²) in [7, 11) is 0. The largest absolute Gasteiger partial charge is 0.481 e. The van der Waals surface area contributed by atoms with Crippen molar-refractivity contribution in [3.05, 3.63) is 12.7 Å². The third-order valence-corrected chi connectivity index (χ3v) is 2.99. The van der Waals surface area contributed by atoms with Crippen molar-refractivity contribution >= 4 is 5.97 Å². The minimum atomic E-state index is -0.807. The zero-order chi connectivity index (χ0) is 11.3. The smallest absolute Gasteiger partial charge is 0.313 e. The van der Waals surface area contributed by atoms with E-state index in [1.807, 2.05) is 0 Å². The Kier molecular flexibility index (Phi) is 4.29. The van der Waals surface area contributed by atoms with E-state index in [1.165, 1.54) is 6.08 Å². The third-order valence-electron chi connectivity index (χ3n) is 2.99. The first kappa shape index (κ1) is 12.2. The summed E-state index contributed by atoms with van der Waals surface area (Å²) < 4.78 is 5.23. The summed E-state index contributed by atoms with van der Waals surface area (Å²) in [6.45, 7) is 9.38. The number of aliphatic carboxylic acids is 1. The van der Waals surface area contributed by atoms with Gasteiger partial charge in [0.2, 0.25) is 0 Å². The first-order chi connectivity index (χ1) is 7.08. The Morgan fingerprint density at radius 1 is 1.60 bits per heavy atom. The fourth-order valence-corrected chi connectivity index (χ4v) is 1.51. The second-order valence-electron chi connectivity index (χ2n) is 4.13. The summed E-state index contributed by atoms with van der Waals surface area (Å²) in [6, 6.07) is 0. The van der Waals surface area contributed by atoms with Crippen LogP contribution < -0.4 is 0 Å². The van der Waals surface area contributed by atoms with Crippen molar-refractivity contribution in [1.29, 1.82) is 0 Å². The molecule has 0 amide bonds. The van der Waals surface area contributed by atoms with Crippen LogP contribution in [0.2, 0.25) is 0 Å². The van der Waals surface area contributed by atoms with E-state index in [4.69, 9.17) is 9.84 Å². The van der Waals surface area contributed by atoms with Gasteiger partial charge in [-0.15, -0.1) is 6.58 Å². The van der Waals surface area contributed by atoms with Crippen molar-refractivity contribution in [3.63, 3.8) is 0 Å². The predicted octanol–water partition coefficient (Wildman–Crippen LogP) is 0.986. The van der Waals surface area contributed by atoms with Crippen LogP contribution in [-0.4, -0.2) is 48.8 Å². The molecule has 0 saturated carbocycles. The summed E-state index contributed by atoms with van der Waals surface area (Å²) in [4.78, 5) is 13.2. The Labute approximate surface area is 90.5 Å². The Hall–Kier alpha value is -0.870. The van der Waals surface area contributed by atoms with Crippen LogP contribution in [0.4, 0.5) is 0 Å². The molecule has 1 saturated heterocycles. The lowest BCUT2D eigenvalue weighted by Crippen LogP contribution is -2.39. The fourth-order valence-electron chi connectivity index (χ4n) is 1.51. The number of rotatable bonds is 5. The maximum atomic E-state index is 11.0. The predicted molar refractivity (Wildman–Crippen MR) is 57.8 cm³/mol. The summed E-state index contributed by atoms with van der Waals surface area (Å²) in [6.07, 6.45) is 2.13. The molecule has 1 aliphatic rings. The highest BCUT2D eigenvalue weighted by Crippen LogP contribution is 2.23. The molecule has 1 aliphatic heterocycles. The number of hydrogen-bond acceptors (Lipinski definition) is 3. The van der Waals surface area contributed by atoms with Crippen molar-refractivity contribution in [1.82, 2.24) is 4.90 Å². The number of nitrogens with zero attached hydrogens (tertiary/aromatic N) is 1. The summed E-state index contributed by atoms with van der Waals surface area (Å²) in [5.74, 6) is -0.800. The minimum absolute atomic E-state index is 0.603. The van der Waals surface area contributed by atoms with Gasteiger partial charge in [-0.1, -0.05) is 6.08 Å². The molecule has 0 aromatic heterocycles. The molecular weight excluding hydrogens is 194 g/mol. The molecule has 4 nitrogen and oxygen atoms in total. The number of morpholine rings is 1. The number of ether oxygens (including phenoxy) is 1. The molecule has 1 rings (SSSR count). The van der Waals surface area contributed by atoms with Crippen LogP contribution in [0.25, 0.3) is 0 Å². The van der Waals surface area contributed by atoms with E-state index in [0.717, 1.165) is 32.8 Å². The van der Waals surface area contributed by atoms with Gasteiger partial charge < -0.3 is 9.84 Å². The summed E-state index contributed by atoms with van der Waals surface area (Å²) >= 11 is 0. The highest BCUT2D eigenvalue weighted by Gasteiger charge is 2.29. The SMILES string of the molecule is C=CC(C)(CCN1CCOCC1)C(=O)O. The zero-order valence-electron chi connectivity index (χ0n) is 9.24. The lowest BCUT2D eigenvalue weighted by molar-refractivity contribution is -0.145. The van der Waals surface area contributed by atoms with E-state index in [1.54, 1.807) is 6.92 Å². The second kappa shape index (κ2) is 5.28. The van der Waals surface area contributed by atoms with Crippen LogP contribution in [0.15, 0.2) is 12.7 Å². The fraction of sp³-hybridized carbons (Fsp3) is 0.727. The van der Waals surface area contributed by atoms with E-state index >= 15 is 0 Å². The molecule has 0 aromatic rings. The van der Waals surface area contributed by atoms with Crippen molar-refractivity contribution in [2.75, 3.05) is 32.8 Å². The lowest BCUT2D eigenvalue weighted by atomic mass is 9.87. The molecule has 0 spiro atoms. The van der Waals surface area contributed by atoms with Gasteiger partial charge in [-0.25, -0.2) is 0 Å². The molecule has 0 aromatic carbocycles. The van der Waals surface area contributed by atoms with Gasteiger partial charge in [0, 0.05) is 13.1 Å². The van der Waals surface area contributed by atoms with Crippen molar-refractivity contribution in [3.8, 4) is 0 Å². The minimum Gasteiger partial charge on any atom is -0.481 e. The van der Waals surface area contributed by atoms with E-state index in [9.17, 15) is 4.79 Å². The van der Waals surface area contributed by atoms with Crippen LogP contribution in [0, 0.1) is 5.41 Å². The standard InChI is InChI=1S/C11H19NO3/c1-3-11(2,10(13)14)4-5-12-6-8-15-9-7-12/h3H,1,4-9H2,2H3,(H,13,14). The van der Waals surface area contributed by atoms with E-state index in [-0.39, 0.29) is 0 Å². The Morgan fingerprint density at radius 2 is 2.20 bits per heavy atom. The molecule has 0 radical (unpaired) electrons. The normalized spacial score (nSPS) is 21.9. The number of carboxylic acid groups (broad SMARTS) is 1. The maximum absolute atomic E-state index is 11.0. The van der Waals surface area contributed by atoms with Gasteiger partial charge in [0.1, 0.15) is 0 Å². The molecule has 1 atom stereocenters. The number of hydrogen-bond donors (Lipinski definition) is 1. The van der Waals surface area contributed by atoms with Crippen LogP contribution in [-0.2, 0) is 9.53 Å². The van der Waals surface area contributed by atoms with Gasteiger partial charge >= 0.3 is 5.97 Å². The second-order valence-corrected chi connectivity index (χ2v) is 4.13. The van der Waals surface area contributed by atoms with Crippen molar-refractivity contribution in [2.45, 2.75) is 13.3 Å². The van der Waals surface area contributed by atoms with Crippen LogP contribution in [0.1, 0.15) is 13.3 Å². The third kappa shape index (κ3) is 3.32. The van der Waals surface area contributed by atoms with Gasteiger partial charge in [0.25, 0.3) is 0 Å². The molecule has 1 heterocycles. The maximum Gasteiger partial charge on any atom is 0.313 e. The topological polar surface area (TPSA) is 49.8 Å². The Morgan fingerprint density at radius 3 is 2.67 bits per heavy atom. The van der Waals surface area contributed by atoms with Crippen LogP contribution in [0.3, 0.4) is 0 Å². The molecule has 15 heavy (non-hydrogen) atoms. The molecular formula is C11H19NO3. The van der Waals surface area contributed by atoms with Gasteiger partial charge in [-0.05, 0) is 19.9 Å². The monoisotopic (exact) mass is 213 g/mol. The molecule has 1 N–H and O–H groups in total. The van der Waals surface area contributed by atoms with E-state index < -0.39 is 11.4 Å². The van der Waals surface area contributed by atoms with Gasteiger partial charge in [-0.2, -0.15) is 0 Å². The lowest BCUT2D eigenvalue weighted by Gasteiger charge is -2.29. The summed E-state index contributed by atoms with van der Waals surface area (Å²) in [5, 5.41) is 9.05. The van der Waals surface area contributed by atoms with E-state index in [2.05, 4.69) is 11.5 Å². The summed E-state index contributed by atoms with van der Waals surface area (Å²) in [5.41, 5.74) is -0.807. The van der Waals surface area contributed by atoms with Crippen molar-refractivity contribution in [2.24, 2.45) is 5.41 Å². The van der Waals surface area contributed by atoms with Gasteiger partial charge in [0.05, 0.1) is 18.6 Å². The average molecular weight is 213 g/mol. The molecule has 4 heteroatoms. The van der Waals surface area contributed by atoms with Crippen molar-refractivity contribution < 1.29 is 14.6 Å². The first-order valence-corrected chi connectivity index (χ1v) is 5.25. The highest BCUT2D eigenvalue weighted by atomic mass is 16.5. The Balaban J connectivity index is 2.39. The van der Waals surface area contributed by atoms with Crippen LogP contribution in [0.5, 0.6) is 0 Å². The number of carboxylic acids is 1. The molecule has 86 valence electrons. The quantitative estimate of drug-likeness (QED) is 0.692. The molecule has 1 unspecified atom stereocenters. The first-order valence-electron chi connectivity index (χ1n) is 5.25. The van der Waals surface area contributed by atoms with Gasteiger partial charge in [-0.3, -0.25) is 9.69 Å². The molecule has 0 aliphatic carbocycles. The Bertz CT molecular complexity index is 236. The van der Waals surface area contributed by atoms with Gasteiger partial charge in [0.15, 0.2) is 0 Å².